The number of nitrogens with zero attached hydrogens (tertiary/aromatic N) is 2. The largest absolute Gasteiger partial charge is 0.459 e. The van der Waals surface area contributed by atoms with E-state index in [9.17, 15) is 15.0 Å². The van der Waals surface area contributed by atoms with E-state index in [4.69, 9.17) is 28.9 Å². The maximum absolute atomic E-state index is 15.0. The van der Waals surface area contributed by atoms with Crippen LogP contribution in [0.1, 0.15) is 100 Å². The van der Waals surface area contributed by atoms with Crippen LogP contribution in [0.4, 0.5) is 4.79 Å². The van der Waals surface area contributed by atoms with Gasteiger partial charge in [0.1, 0.15) is 28.9 Å². The highest BCUT2D eigenvalue weighted by Crippen LogP contribution is 2.62. The van der Waals surface area contributed by atoms with Gasteiger partial charge in [0.25, 0.3) is 0 Å². The van der Waals surface area contributed by atoms with Crippen LogP contribution in [0.15, 0.2) is 121 Å². The van der Waals surface area contributed by atoms with E-state index in [-0.39, 0.29) is 57.1 Å². The summed E-state index contributed by atoms with van der Waals surface area (Å²) in [4.78, 5) is 23.1. The van der Waals surface area contributed by atoms with Crippen molar-refractivity contribution in [3.63, 3.8) is 0 Å². The van der Waals surface area contributed by atoms with E-state index in [1.54, 1.807) is 17.1 Å². The molecule has 4 aromatic rings. The summed E-state index contributed by atoms with van der Waals surface area (Å²) in [6.07, 6.45) is 10.7. The number of aliphatic hydroxyl groups is 2. The first-order chi connectivity index (χ1) is 31.4. The molecule has 0 radical (unpaired) electrons. The third kappa shape index (κ3) is 10.7. The van der Waals surface area contributed by atoms with Crippen molar-refractivity contribution in [1.82, 2.24) is 4.90 Å². The van der Waals surface area contributed by atoms with E-state index >= 15 is 0 Å². The van der Waals surface area contributed by atoms with Gasteiger partial charge in [0.05, 0.1) is 31.4 Å². The van der Waals surface area contributed by atoms with Gasteiger partial charge in [-0.2, -0.15) is 0 Å². The summed E-state index contributed by atoms with van der Waals surface area (Å²) in [6, 6.07) is 25.7. The molecule has 1 fully saturated rings. The van der Waals surface area contributed by atoms with Crippen molar-refractivity contribution in [1.29, 1.82) is 0 Å². The predicted octanol–water partition coefficient (Wildman–Crippen LogP) is 11.9. The number of carbonyl (C=O) groups excluding carboxylic acids is 1. The van der Waals surface area contributed by atoms with Crippen molar-refractivity contribution in [2.24, 2.45) is 22.9 Å². The Kier molecular flexibility index (Phi) is 15.5. The maximum atomic E-state index is 15.0. The van der Waals surface area contributed by atoms with Crippen molar-refractivity contribution in [2.75, 3.05) is 26.4 Å². The summed E-state index contributed by atoms with van der Waals surface area (Å²) in [6.45, 7) is 18.8. The smallest absolute Gasteiger partial charge is 0.410 e. The Morgan fingerprint density at radius 1 is 0.908 bits per heavy atom. The Balaban J connectivity index is 1.48. The van der Waals surface area contributed by atoms with Gasteiger partial charge in [-0.05, 0) is 142 Å². The highest BCUT2D eigenvalue weighted by Gasteiger charge is 2.66. The molecule has 0 spiro atoms. The molecule has 65 heavy (non-hydrogen) atoms. The molecule has 0 aromatic heterocycles. The lowest BCUT2D eigenvalue weighted by Gasteiger charge is -2.60. The summed E-state index contributed by atoms with van der Waals surface area (Å²) in [5, 5.41) is 27.1. The van der Waals surface area contributed by atoms with Gasteiger partial charge < -0.3 is 34.0 Å². The van der Waals surface area contributed by atoms with Crippen molar-refractivity contribution in [3.05, 3.63) is 138 Å². The number of hydrogen-bond donors (Lipinski definition) is 2. The van der Waals surface area contributed by atoms with Gasteiger partial charge in [0, 0.05) is 31.1 Å². The molecule has 7 rings (SSSR count). The van der Waals surface area contributed by atoms with Crippen LogP contribution in [-0.4, -0.2) is 70.8 Å². The number of carbonyl (C=O) groups is 1. The zero-order valence-electron chi connectivity index (χ0n) is 39.0. The minimum absolute atomic E-state index is 0.0508. The summed E-state index contributed by atoms with van der Waals surface area (Å²) in [5.74, 6) is 0.0304. The first-order valence-electron chi connectivity index (χ1n) is 23.4. The van der Waals surface area contributed by atoms with Crippen molar-refractivity contribution in [2.45, 2.75) is 116 Å². The molecule has 10 nitrogen and oxygen atoms in total. The number of aryl methyl sites for hydroxylation is 2. The zero-order valence-corrected chi connectivity index (χ0v) is 39.0. The first-order valence-corrected chi connectivity index (χ1v) is 23.4. The van der Waals surface area contributed by atoms with Crippen LogP contribution in [0.25, 0.3) is 10.8 Å². The summed E-state index contributed by atoms with van der Waals surface area (Å²) in [7, 11) is 0. The van der Waals surface area contributed by atoms with E-state index in [1.165, 1.54) is 5.56 Å². The molecule has 0 saturated heterocycles. The van der Waals surface area contributed by atoms with Crippen LogP contribution < -0.4 is 9.47 Å². The number of amides is 1. The molecule has 3 aliphatic rings. The Morgan fingerprint density at radius 3 is 2.38 bits per heavy atom. The normalized spacial score (nSPS) is 22.8. The van der Waals surface area contributed by atoms with Gasteiger partial charge in [-0.1, -0.05) is 84.8 Å². The molecule has 1 amide bonds. The topological polar surface area (TPSA) is 119 Å². The van der Waals surface area contributed by atoms with E-state index in [1.807, 2.05) is 57.2 Å². The van der Waals surface area contributed by atoms with Crippen molar-refractivity contribution < 1.29 is 38.8 Å². The summed E-state index contributed by atoms with van der Waals surface area (Å²) < 4.78 is 27.4. The summed E-state index contributed by atoms with van der Waals surface area (Å²) in [5.41, 5.74) is 5.32. The quantitative estimate of drug-likeness (QED) is 0.0512. The van der Waals surface area contributed by atoms with Crippen LogP contribution >= 0.6 is 0 Å². The van der Waals surface area contributed by atoms with E-state index < -0.39 is 29.4 Å². The fourth-order valence-corrected chi connectivity index (χ4v) is 10.0. The second-order valence-electron chi connectivity index (χ2n) is 18.8. The molecule has 1 heterocycles. The molecular formula is C55H68N2O8. The minimum Gasteiger partial charge on any atom is -0.459 e. The number of rotatable bonds is 20. The molecule has 6 atom stereocenters. The highest BCUT2D eigenvalue weighted by atomic mass is 16.7. The lowest BCUT2D eigenvalue weighted by molar-refractivity contribution is -0.256. The van der Waals surface area contributed by atoms with Crippen LogP contribution in [0.3, 0.4) is 0 Å². The third-order valence-corrected chi connectivity index (χ3v) is 13.2. The van der Waals surface area contributed by atoms with Gasteiger partial charge in [0.15, 0.2) is 0 Å². The zero-order chi connectivity index (χ0) is 46.1. The molecule has 2 N–H and O–H groups in total. The van der Waals surface area contributed by atoms with Gasteiger partial charge in [0.2, 0.25) is 5.79 Å². The standard InChI is InChI=1S/C55H68N2O8/c1-8-10-31-61-53(60)57(36-41-21-17-20-39-18-11-12-22-44(39)41)50-35-48(56-65-54(5,6)7)46-33-40(19-13-15-28-58)45(23-14-16-29-59)51-47-34-43(63-42-25-24-37(3)38(4)32-42)26-27-49(47)64-55(50,52(46)51)62-30-9-2/h8-9,11-12,17-18,20-22,24-27,32-34,40,45,50-52,58-59H,1-2,10,13-16,19,23,28-31,35-36H2,3-7H3/t40-,45+,50-,51+,52+,55+/m0/s1. The number of ether oxygens (including phenoxy) is 4. The van der Waals surface area contributed by atoms with Gasteiger partial charge in [-0.3, -0.25) is 4.90 Å². The molecular weight excluding hydrogens is 817 g/mol. The first kappa shape index (κ1) is 47.5. The van der Waals surface area contributed by atoms with Crippen molar-refractivity contribution >= 4 is 22.6 Å². The Labute approximate surface area is 385 Å². The number of hydrogen-bond acceptors (Lipinski definition) is 9. The number of oxime groups is 1. The molecule has 4 aromatic carbocycles. The number of allylic oxidation sites excluding steroid dienone is 1. The predicted molar refractivity (Wildman–Crippen MR) is 257 cm³/mol. The van der Waals surface area contributed by atoms with Gasteiger partial charge in [-0.15, -0.1) is 13.2 Å². The molecule has 0 bridgehead atoms. The average molecular weight is 885 g/mol. The average Bonchev–Trinajstić information content (AvgIpc) is 3.29. The number of unbranched alkanes of at least 4 members (excludes halogenated alkanes) is 2. The number of fused-ring (bicyclic) bond motifs is 3. The molecule has 10 heteroatoms. The fraction of sp³-hybridized carbons (Fsp3) is 0.455. The van der Waals surface area contributed by atoms with Crippen LogP contribution in [0.5, 0.6) is 17.2 Å². The second kappa shape index (κ2) is 21.3. The molecule has 2 aliphatic carbocycles. The van der Waals surface area contributed by atoms with Crippen LogP contribution in [0.2, 0.25) is 0 Å². The van der Waals surface area contributed by atoms with Crippen molar-refractivity contribution in [3.8, 4) is 17.2 Å². The molecule has 0 unspecified atom stereocenters. The number of benzene rings is 4. The second-order valence-corrected chi connectivity index (χ2v) is 18.8. The minimum atomic E-state index is -1.46. The molecule has 1 saturated carbocycles. The van der Waals surface area contributed by atoms with Crippen LogP contribution in [0, 0.1) is 31.6 Å². The lowest BCUT2D eigenvalue weighted by atomic mass is 9.55. The Hall–Kier alpha value is -5.42. The molecule has 1 aliphatic heterocycles. The monoisotopic (exact) mass is 884 g/mol. The SMILES string of the molecule is C=CCCOC(=O)N(Cc1cccc2ccccc12)[C@H]1CC(=NOC(C)(C)C)C2=C[C@H](CCCCO)[C@@H](CCCCO)[C@@H]3c4cc(Oc5ccc(C)c(C)c5)ccc4O[C@@]1(OCC=C)[C@H]23. The highest BCUT2D eigenvalue weighted by molar-refractivity contribution is 6.03. The maximum Gasteiger partial charge on any atom is 0.410 e. The summed E-state index contributed by atoms with van der Waals surface area (Å²) >= 11 is 0. The number of aliphatic hydroxyl groups excluding tert-OH is 2. The van der Waals surface area contributed by atoms with E-state index in [0.717, 1.165) is 70.2 Å². The van der Waals surface area contributed by atoms with Crippen LogP contribution in [-0.2, 0) is 20.9 Å². The van der Waals surface area contributed by atoms with E-state index in [0.29, 0.717) is 30.8 Å². The third-order valence-electron chi connectivity index (χ3n) is 13.2. The van der Waals surface area contributed by atoms with Gasteiger partial charge >= 0.3 is 6.09 Å². The molecule has 346 valence electrons. The Bertz CT molecular complexity index is 2360. The fourth-order valence-electron chi connectivity index (χ4n) is 10.0. The Morgan fingerprint density at radius 2 is 1.65 bits per heavy atom. The van der Waals surface area contributed by atoms with E-state index in [2.05, 4.69) is 75.5 Å². The lowest BCUT2D eigenvalue weighted by Crippen LogP contribution is -2.70. The van der Waals surface area contributed by atoms with Gasteiger partial charge in [-0.25, -0.2) is 4.79 Å².